The number of fused-ring (bicyclic) bond motifs is 1. The number of benzene rings is 2. The molecule has 4 rings (SSSR count). The zero-order chi connectivity index (χ0) is 20.6. The van der Waals surface area contributed by atoms with Crippen LogP contribution in [0.2, 0.25) is 0 Å². The highest BCUT2D eigenvalue weighted by Crippen LogP contribution is 2.33. The Balaban J connectivity index is 1.48. The quantitative estimate of drug-likeness (QED) is 0.796. The topological polar surface area (TPSA) is 41.6 Å². The summed E-state index contributed by atoms with van der Waals surface area (Å²) in [5.74, 6) is -0.548. The third-order valence-electron chi connectivity index (χ3n) is 5.77. The van der Waals surface area contributed by atoms with E-state index in [1.807, 2.05) is 17.0 Å². The molecule has 1 saturated heterocycles. The molecule has 5 heteroatoms. The Morgan fingerprint density at radius 1 is 1.17 bits per heavy atom. The van der Waals surface area contributed by atoms with Crippen molar-refractivity contribution in [2.24, 2.45) is 0 Å². The number of aryl methyl sites for hydroxylation is 1. The molecule has 2 aromatic carbocycles. The van der Waals surface area contributed by atoms with Crippen molar-refractivity contribution >= 4 is 5.91 Å². The van der Waals surface area contributed by atoms with Crippen molar-refractivity contribution in [1.82, 2.24) is 10.2 Å². The maximum atomic E-state index is 13.6. The summed E-state index contributed by atoms with van der Waals surface area (Å²) in [6.07, 6.45) is 2.31. The average Bonchev–Trinajstić information content (AvgIpc) is 2.99. The summed E-state index contributed by atoms with van der Waals surface area (Å²) in [6, 6.07) is 11.8. The van der Waals surface area contributed by atoms with E-state index >= 15 is 0 Å². The molecular weight excluding hydrogens is 367 g/mol. The number of hydrogen-bond acceptors (Lipinski definition) is 3. The first-order chi connectivity index (χ1) is 13.8. The molecule has 0 atom stereocenters. The van der Waals surface area contributed by atoms with Gasteiger partial charge in [0.05, 0.1) is 0 Å². The number of ether oxygens (including phenoxy) is 1. The lowest BCUT2D eigenvalue weighted by atomic mass is 9.87. The van der Waals surface area contributed by atoms with Crippen LogP contribution >= 0.6 is 0 Å². The summed E-state index contributed by atoms with van der Waals surface area (Å²) < 4.78 is 18.9. The van der Waals surface area contributed by atoms with Gasteiger partial charge in [0.2, 0.25) is 5.85 Å². The first-order valence-corrected chi connectivity index (χ1v) is 10.4. The van der Waals surface area contributed by atoms with Gasteiger partial charge in [0.1, 0.15) is 5.75 Å². The zero-order valence-electron chi connectivity index (χ0n) is 17.4. The molecule has 0 aliphatic carbocycles. The molecule has 154 valence electrons. The van der Waals surface area contributed by atoms with Crippen molar-refractivity contribution in [2.45, 2.75) is 58.5 Å². The predicted molar refractivity (Wildman–Crippen MR) is 112 cm³/mol. The Labute approximate surface area is 172 Å². The van der Waals surface area contributed by atoms with Gasteiger partial charge in [-0.25, -0.2) is 0 Å². The van der Waals surface area contributed by atoms with Crippen LogP contribution in [0.25, 0.3) is 0 Å². The van der Waals surface area contributed by atoms with Crippen molar-refractivity contribution in [1.29, 1.82) is 0 Å². The molecule has 29 heavy (non-hydrogen) atoms. The SMILES string of the molecule is Cc1cc(C2CCNCC2)cc2c1C(=O)N(Cc1ccc(OC(C)(C)F)cc1)C2. The summed E-state index contributed by atoms with van der Waals surface area (Å²) >= 11 is 0. The molecule has 0 spiro atoms. The van der Waals surface area contributed by atoms with Crippen LogP contribution in [-0.4, -0.2) is 29.8 Å². The van der Waals surface area contributed by atoms with Crippen LogP contribution in [0.4, 0.5) is 4.39 Å². The minimum absolute atomic E-state index is 0.0968. The number of rotatable bonds is 5. The molecule has 0 unspecified atom stereocenters. The molecule has 0 bridgehead atoms. The van der Waals surface area contributed by atoms with E-state index in [1.54, 1.807) is 12.1 Å². The van der Waals surface area contributed by atoms with E-state index in [4.69, 9.17) is 4.74 Å². The van der Waals surface area contributed by atoms with E-state index in [1.165, 1.54) is 19.4 Å². The van der Waals surface area contributed by atoms with Crippen LogP contribution in [0.5, 0.6) is 5.75 Å². The molecule has 0 saturated carbocycles. The van der Waals surface area contributed by atoms with Crippen LogP contribution in [0.1, 0.15) is 65.2 Å². The van der Waals surface area contributed by atoms with E-state index < -0.39 is 5.85 Å². The third kappa shape index (κ3) is 4.45. The van der Waals surface area contributed by atoms with E-state index in [9.17, 15) is 9.18 Å². The smallest absolute Gasteiger partial charge is 0.255 e. The van der Waals surface area contributed by atoms with Crippen molar-refractivity contribution in [3.05, 3.63) is 64.2 Å². The van der Waals surface area contributed by atoms with Crippen LogP contribution in [0, 0.1) is 6.92 Å². The lowest BCUT2D eigenvalue weighted by Gasteiger charge is -2.24. The Hall–Kier alpha value is -2.40. The van der Waals surface area contributed by atoms with Gasteiger partial charge in [-0.05, 0) is 73.2 Å². The van der Waals surface area contributed by atoms with Crippen molar-refractivity contribution < 1.29 is 13.9 Å². The zero-order valence-corrected chi connectivity index (χ0v) is 17.4. The molecule has 1 N–H and O–H groups in total. The molecule has 1 fully saturated rings. The fourth-order valence-corrected chi connectivity index (χ4v) is 4.44. The molecular formula is C24H29FN2O2. The number of nitrogens with one attached hydrogen (secondary N) is 1. The molecule has 1 amide bonds. The van der Waals surface area contributed by atoms with Gasteiger partial charge in [0.15, 0.2) is 0 Å². The first-order valence-electron chi connectivity index (χ1n) is 10.4. The lowest BCUT2D eigenvalue weighted by Crippen LogP contribution is -2.26. The summed E-state index contributed by atoms with van der Waals surface area (Å²) in [5.41, 5.74) is 5.46. The van der Waals surface area contributed by atoms with Gasteiger partial charge in [-0.15, -0.1) is 0 Å². The lowest BCUT2D eigenvalue weighted by molar-refractivity contribution is -0.0257. The van der Waals surface area contributed by atoms with E-state index in [-0.39, 0.29) is 5.91 Å². The highest BCUT2D eigenvalue weighted by molar-refractivity contribution is 5.99. The van der Waals surface area contributed by atoms with Gasteiger partial charge >= 0.3 is 0 Å². The number of nitrogens with zero attached hydrogens (tertiary/aromatic N) is 1. The summed E-state index contributed by atoms with van der Waals surface area (Å²) in [5, 5.41) is 3.42. The first kappa shape index (κ1) is 19.9. The second kappa shape index (κ2) is 7.79. The van der Waals surface area contributed by atoms with Crippen molar-refractivity contribution in [2.75, 3.05) is 13.1 Å². The number of hydrogen-bond donors (Lipinski definition) is 1. The molecule has 2 heterocycles. The highest BCUT2D eigenvalue weighted by atomic mass is 19.2. The summed E-state index contributed by atoms with van der Waals surface area (Å²) in [7, 11) is 0. The number of carbonyl (C=O) groups excluding carboxylic acids is 1. The fraction of sp³-hybridized carbons (Fsp3) is 0.458. The van der Waals surface area contributed by atoms with E-state index in [2.05, 4.69) is 24.4 Å². The van der Waals surface area contributed by atoms with E-state index in [0.29, 0.717) is 24.8 Å². The van der Waals surface area contributed by atoms with Crippen LogP contribution in [0.3, 0.4) is 0 Å². The molecule has 0 radical (unpaired) electrons. The fourth-order valence-electron chi connectivity index (χ4n) is 4.44. The minimum atomic E-state index is -1.71. The third-order valence-corrected chi connectivity index (χ3v) is 5.77. The van der Waals surface area contributed by atoms with Crippen LogP contribution in [-0.2, 0) is 13.1 Å². The number of piperidine rings is 1. The number of alkyl halides is 1. The van der Waals surface area contributed by atoms with Crippen LogP contribution in [0.15, 0.2) is 36.4 Å². The van der Waals surface area contributed by atoms with Gasteiger partial charge < -0.3 is 15.0 Å². The number of amides is 1. The summed E-state index contributed by atoms with van der Waals surface area (Å²) in [6.45, 7) is 8.10. The van der Waals surface area contributed by atoms with Gasteiger partial charge in [-0.3, -0.25) is 4.79 Å². The minimum Gasteiger partial charge on any atom is -0.459 e. The molecule has 4 nitrogen and oxygen atoms in total. The van der Waals surface area contributed by atoms with Crippen molar-refractivity contribution in [3.63, 3.8) is 0 Å². The summed E-state index contributed by atoms with van der Waals surface area (Å²) in [4.78, 5) is 14.9. The van der Waals surface area contributed by atoms with Gasteiger partial charge in [0, 0.05) is 32.5 Å². The highest BCUT2D eigenvalue weighted by Gasteiger charge is 2.30. The Morgan fingerprint density at radius 2 is 1.86 bits per heavy atom. The Morgan fingerprint density at radius 3 is 2.52 bits per heavy atom. The van der Waals surface area contributed by atoms with Gasteiger partial charge in [-0.2, -0.15) is 4.39 Å². The molecule has 2 aromatic rings. The largest absolute Gasteiger partial charge is 0.459 e. The molecule has 0 aromatic heterocycles. The molecule has 2 aliphatic rings. The maximum absolute atomic E-state index is 13.6. The Kier molecular flexibility index (Phi) is 5.34. The predicted octanol–water partition coefficient (Wildman–Crippen LogP) is 4.70. The number of halogens is 1. The average molecular weight is 397 g/mol. The normalized spacial score (nSPS) is 17.5. The maximum Gasteiger partial charge on any atom is 0.255 e. The number of carbonyl (C=O) groups is 1. The standard InChI is InChI=1S/C24H29FN2O2/c1-16-12-19(18-8-10-26-11-9-18)13-20-15-27(23(28)22(16)20)14-17-4-6-21(7-5-17)29-24(2,3)25/h4-7,12-13,18,26H,8-11,14-15H2,1-3H3. The second-order valence-corrected chi connectivity index (χ2v) is 8.67. The van der Waals surface area contributed by atoms with E-state index in [0.717, 1.165) is 48.2 Å². The Bertz CT molecular complexity index is 896. The monoisotopic (exact) mass is 396 g/mol. The van der Waals surface area contributed by atoms with Gasteiger partial charge in [0.25, 0.3) is 5.91 Å². The van der Waals surface area contributed by atoms with Crippen molar-refractivity contribution in [3.8, 4) is 5.75 Å². The second-order valence-electron chi connectivity index (χ2n) is 8.67. The molecule has 2 aliphatic heterocycles. The van der Waals surface area contributed by atoms with Gasteiger partial charge in [-0.1, -0.05) is 24.3 Å². The van der Waals surface area contributed by atoms with Crippen LogP contribution < -0.4 is 10.1 Å².